The Morgan fingerprint density at radius 3 is 1.07 bits per heavy atom. The molecule has 0 unspecified atom stereocenters. The maximum absolute atomic E-state index is 5.36. The van der Waals surface area contributed by atoms with Gasteiger partial charge >= 0.3 is 11.8 Å². The molecule has 0 atom stereocenters. The molecule has 0 N–H and O–H groups in total. The molecule has 0 saturated carbocycles. The summed E-state index contributed by atoms with van der Waals surface area (Å²) < 4.78 is 29.0. The summed E-state index contributed by atoms with van der Waals surface area (Å²) >= 11 is 0. The Hall–Kier alpha value is -5.04. The Morgan fingerprint density at radius 2 is 0.667 bits per heavy atom. The number of aromatic nitrogens is 8. The van der Waals surface area contributed by atoms with E-state index in [2.05, 4.69) is 90.5 Å². The molecule has 4 aromatic rings. The van der Waals surface area contributed by atoms with E-state index in [1.165, 1.54) is 0 Å². The predicted octanol–water partition coefficient (Wildman–Crippen LogP) is 2.24. The summed E-state index contributed by atoms with van der Waals surface area (Å²) in [6, 6.07) is 0. The number of hydrogen-bond acceptors (Lipinski definition) is 20. The van der Waals surface area contributed by atoms with Gasteiger partial charge in [-0.3, -0.25) is 0 Å². The summed E-state index contributed by atoms with van der Waals surface area (Å²) in [5.74, 6) is -0.809. The number of rotatable bonds is 0. The Kier molecular flexibility index (Phi) is 4.29. The van der Waals surface area contributed by atoms with Crippen molar-refractivity contribution in [3.05, 3.63) is 0 Å². The molecule has 20 heteroatoms. The quantitative estimate of drug-likeness (QED) is 0.398. The van der Waals surface area contributed by atoms with Crippen molar-refractivity contribution in [2.24, 2.45) is 30.7 Å². The van der Waals surface area contributed by atoms with Gasteiger partial charge < -0.3 is 9.47 Å². The second kappa shape index (κ2) is 7.53. The van der Waals surface area contributed by atoms with E-state index in [-0.39, 0.29) is 59.9 Å². The van der Waals surface area contributed by atoms with Crippen molar-refractivity contribution >= 4 is 34.9 Å². The van der Waals surface area contributed by atoms with Crippen LogP contribution in [0, 0.1) is 0 Å². The van der Waals surface area contributed by atoms with Crippen molar-refractivity contribution in [1.82, 2.24) is 41.3 Å². The summed E-state index contributed by atoms with van der Waals surface area (Å²) in [4.78, 5) is 0. The van der Waals surface area contributed by atoms with Gasteiger partial charge in [0.1, 0.15) is 13.2 Å². The van der Waals surface area contributed by atoms with Crippen molar-refractivity contribution < 1.29 is 28.0 Å². The van der Waals surface area contributed by atoms with Crippen LogP contribution in [0.3, 0.4) is 0 Å². The van der Waals surface area contributed by atoms with Crippen molar-refractivity contribution in [1.29, 1.82) is 0 Å². The molecule has 5 rings (SSSR count). The first-order chi connectivity index (χ1) is 14.9. The Morgan fingerprint density at radius 1 is 0.367 bits per heavy atom. The third-order valence-electron chi connectivity index (χ3n) is 3.07. The first-order valence-electron chi connectivity index (χ1n) is 7.68. The Bertz CT molecular complexity index is 1140. The minimum Gasteiger partial charge on any atom is -0.469 e. The Labute approximate surface area is 160 Å². The topological polar surface area (TPSA) is 248 Å². The molecular formula is C10H4N14O6. The number of fused-ring (bicyclic) bond motifs is 4. The van der Waals surface area contributed by atoms with E-state index in [1.54, 1.807) is 0 Å². The van der Waals surface area contributed by atoms with Crippen LogP contribution < -0.4 is 9.47 Å². The van der Waals surface area contributed by atoms with Crippen molar-refractivity contribution in [2.45, 2.75) is 0 Å². The van der Waals surface area contributed by atoms with Crippen LogP contribution in [0.4, 0.5) is 34.9 Å². The summed E-state index contributed by atoms with van der Waals surface area (Å²) in [5.41, 5.74) is 0. The van der Waals surface area contributed by atoms with Crippen LogP contribution >= 0.6 is 0 Å². The maximum atomic E-state index is 5.36. The van der Waals surface area contributed by atoms with E-state index < -0.39 is 0 Å². The molecule has 0 aliphatic carbocycles. The average Bonchev–Trinajstić information content (AvgIpc) is 3.54. The summed E-state index contributed by atoms with van der Waals surface area (Å²) in [5, 5.41) is 51.1. The predicted molar refractivity (Wildman–Crippen MR) is 80.7 cm³/mol. The number of azo groups is 3. The number of hydrogen-bond donors (Lipinski definition) is 0. The minimum atomic E-state index is -0.138. The number of nitrogens with zero attached hydrogens (tertiary/aromatic N) is 14. The van der Waals surface area contributed by atoms with Gasteiger partial charge in [-0.1, -0.05) is 0 Å². The van der Waals surface area contributed by atoms with E-state index in [1.807, 2.05) is 0 Å². The Balaban J connectivity index is 1.52. The van der Waals surface area contributed by atoms with E-state index in [4.69, 9.17) is 9.47 Å². The standard InChI is InChI=1S/C10H4N14O6/c1-2-26-10-8(22-30-24-10)16-14-6-4(18-28-20-6)12-11-3-5(19-27-17-3)13-15-7-9(25-1)23-29-21-7/h1-2H2. The van der Waals surface area contributed by atoms with E-state index in [9.17, 15) is 0 Å². The van der Waals surface area contributed by atoms with Gasteiger partial charge in [0.05, 0.1) is 0 Å². The van der Waals surface area contributed by atoms with E-state index in [0.717, 1.165) is 0 Å². The van der Waals surface area contributed by atoms with Gasteiger partial charge in [-0.25, -0.2) is 18.5 Å². The molecule has 1 aliphatic rings. The molecule has 1 aliphatic heterocycles. The van der Waals surface area contributed by atoms with Crippen molar-refractivity contribution in [2.75, 3.05) is 13.2 Å². The van der Waals surface area contributed by atoms with Gasteiger partial charge in [-0.2, -0.15) is 0 Å². The molecule has 30 heavy (non-hydrogen) atoms. The van der Waals surface area contributed by atoms with E-state index in [0.29, 0.717) is 0 Å². The average molecular weight is 416 g/mol. The highest BCUT2D eigenvalue weighted by atomic mass is 16.6. The largest absolute Gasteiger partial charge is 0.469 e. The van der Waals surface area contributed by atoms with Crippen LogP contribution in [0.5, 0.6) is 11.8 Å². The zero-order valence-corrected chi connectivity index (χ0v) is 14.1. The van der Waals surface area contributed by atoms with Gasteiger partial charge in [0, 0.05) is 0 Å². The first kappa shape index (κ1) is 17.1. The van der Waals surface area contributed by atoms with Crippen LogP contribution in [0.15, 0.2) is 49.2 Å². The molecule has 4 aromatic heterocycles. The molecule has 5 heterocycles. The minimum absolute atomic E-state index is 0.00249. The molecular weight excluding hydrogens is 412 g/mol. The van der Waals surface area contributed by atoms with Gasteiger partial charge in [0.25, 0.3) is 34.9 Å². The normalized spacial score (nSPS) is 13.9. The van der Waals surface area contributed by atoms with Crippen molar-refractivity contribution in [3.8, 4) is 11.8 Å². The zero-order valence-electron chi connectivity index (χ0n) is 14.1. The first-order valence-corrected chi connectivity index (χ1v) is 7.68. The molecule has 0 radical (unpaired) electrons. The van der Waals surface area contributed by atoms with Gasteiger partial charge in [0.15, 0.2) is 0 Å². The lowest BCUT2D eigenvalue weighted by atomic mass is 10.6. The lowest BCUT2D eigenvalue weighted by Gasteiger charge is -2.02. The van der Waals surface area contributed by atoms with Gasteiger partial charge in [-0.15, -0.1) is 30.7 Å². The second-order valence-corrected chi connectivity index (χ2v) is 4.91. The van der Waals surface area contributed by atoms with E-state index >= 15 is 0 Å². The maximum Gasteiger partial charge on any atom is 0.304 e. The van der Waals surface area contributed by atoms with Crippen molar-refractivity contribution in [3.63, 3.8) is 0 Å². The smallest absolute Gasteiger partial charge is 0.304 e. The molecule has 0 fully saturated rings. The summed E-state index contributed by atoms with van der Waals surface area (Å²) in [6.45, 7) is 0.00498. The molecule has 150 valence electrons. The van der Waals surface area contributed by atoms with Crippen LogP contribution in [0.2, 0.25) is 0 Å². The third-order valence-corrected chi connectivity index (χ3v) is 3.07. The highest BCUT2D eigenvalue weighted by molar-refractivity contribution is 5.51. The fourth-order valence-electron chi connectivity index (χ4n) is 1.83. The fraction of sp³-hybridized carbons (Fsp3) is 0.200. The SMILES string of the molecule is C1COc2nonc2N=Nc2nonc2N=Nc2nonc2N=Nc2nonc2O1. The third kappa shape index (κ3) is 3.41. The zero-order chi connectivity index (χ0) is 20.2. The van der Waals surface area contributed by atoms with Crippen LogP contribution in [-0.2, 0) is 0 Å². The molecule has 0 saturated heterocycles. The summed E-state index contributed by atoms with van der Waals surface area (Å²) in [7, 11) is 0. The molecule has 0 aromatic carbocycles. The van der Waals surface area contributed by atoms with Gasteiger partial charge in [-0.05, 0) is 41.3 Å². The van der Waals surface area contributed by atoms with Crippen LogP contribution in [0.25, 0.3) is 0 Å². The monoisotopic (exact) mass is 416 g/mol. The molecule has 0 spiro atoms. The number of ether oxygens (including phenoxy) is 2. The lowest BCUT2D eigenvalue weighted by molar-refractivity contribution is 0.188. The highest BCUT2D eigenvalue weighted by Crippen LogP contribution is 2.32. The van der Waals surface area contributed by atoms with Crippen LogP contribution in [0.1, 0.15) is 0 Å². The second-order valence-electron chi connectivity index (χ2n) is 4.91. The van der Waals surface area contributed by atoms with Gasteiger partial charge in [0.2, 0.25) is 0 Å². The lowest BCUT2D eigenvalue weighted by Crippen LogP contribution is -2.09. The molecule has 0 amide bonds. The van der Waals surface area contributed by atoms with Crippen LogP contribution in [-0.4, -0.2) is 54.5 Å². The highest BCUT2D eigenvalue weighted by Gasteiger charge is 2.17. The molecule has 0 bridgehead atoms. The summed E-state index contributed by atoms with van der Waals surface area (Å²) in [6.07, 6.45) is 0. The molecule has 20 nitrogen and oxygen atoms in total. The fourth-order valence-corrected chi connectivity index (χ4v) is 1.83.